The fraction of sp³-hybridized carbons (Fsp3) is 0.0725. The minimum absolute atomic E-state index is 0.154. The van der Waals surface area contributed by atoms with Crippen molar-refractivity contribution < 1.29 is 0 Å². The van der Waals surface area contributed by atoms with E-state index in [1.54, 1.807) is 0 Å². The first-order valence-corrected chi connectivity index (χ1v) is 26.6. The van der Waals surface area contributed by atoms with Gasteiger partial charge in [-0.05, 0) is 118 Å². The summed E-state index contributed by atoms with van der Waals surface area (Å²) in [6.45, 7) is 2.42. The van der Waals surface area contributed by atoms with Gasteiger partial charge >= 0.3 is 0 Å². The van der Waals surface area contributed by atoms with Crippen LogP contribution in [0, 0.1) is 5.92 Å². The summed E-state index contributed by atoms with van der Waals surface area (Å²) in [5.74, 6) is 0.907. The van der Waals surface area contributed by atoms with E-state index in [1.165, 1.54) is 96.5 Å². The maximum Gasteiger partial charge on any atom is 0.155 e. The van der Waals surface area contributed by atoms with E-state index >= 15 is 0 Å². The van der Waals surface area contributed by atoms with Gasteiger partial charge in [0.15, 0.2) is 5.84 Å². The molecule has 15 rings (SSSR count). The van der Waals surface area contributed by atoms with Crippen LogP contribution < -0.4 is 0 Å². The van der Waals surface area contributed by atoms with Crippen molar-refractivity contribution >= 4 is 108 Å². The Labute approximate surface area is 432 Å². The number of aliphatic imine (C=N–C) groups is 2. The van der Waals surface area contributed by atoms with Crippen LogP contribution in [0.4, 0.5) is 0 Å². The molecule has 0 spiro atoms. The topological polar surface area (TPSA) is 34.6 Å². The Bertz CT molecular complexity index is 4520. The van der Waals surface area contributed by atoms with Gasteiger partial charge in [0, 0.05) is 64.2 Å². The Kier molecular flexibility index (Phi) is 9.89. The Morgan fingerprint density at radius 3 is 1.73 bits per heavy atom. The van der Waals surface area contributed by atoms with Gasteiger partial charge in [0.1, 0.15) is 0 Å². The lowest BCUT2D eigenvalue weighted by Gasteiger charge is -2.26. The second kappa shape index (κ2) is 17.1. The zero-order chi connectivity index (χ0) is 48.9. The van der Waals surface area contributed by atoms with E-state index in [4.69, 9.17) is 9.98 Å². The van der Waals surface area contributed by atoms with E-state index in [0.717, 1.165) is 52.5 Å². The number of amidine groups is 1. The molecule has 0 amide bonds. The van der Waals surface area contributed by atoms with Gasteiger partial charge in [0.25, 0.3) is 0 Å². The predicted molar refractivity (Wildman–Crippen MR) is 316 cm³/mol. The van der Waals surface area contributed by atoms with Crippen molar-refractivity contribution in [3.05, 3.63) is 253 Å². The first-order valence-electron chi connectivity index (χ1n) is 25.8. The summed E-state index contributed by atoms with van der Waals surface area (Å²) in [5, 5.41) is 12.5. The quantitative estimate of drug-likeness (QED) is 0.159. The van der Waals surface area contributed by atoms with Crippen molar-refractivity contribution in [1.82, 2.24) is 9.13 Å². The van der Waals surface area contributed by atoms with Crippen LogP contribution in [0.1, 0.15) is 42.5 Å². The number of thiophene rings is 1. The highest BCUT2D eigenvalue weighted by Crippen LogP contribution is 2.46. The Morgan fingerprint density at radius 2 is 1.01 bits per heavy atom. The third-order valence-electron chi connectivity index (χ3n) is 15.7. The van der Waals surface area contributed by atoms with E-state index in [2.05, 4.69) is 253 Å². The molecule has 5 heteroatoms. The highest BCUT2D eigenvalue weighted by atomic mass is 32.1. The van der Waals surface area contributed by atoms with Crippen LogP contribution in [-0.2, 0) is 0 Å². The number of aromatic nitrogens is 2. The fourth-order valence-electron chi connectivity index (χ4n) is 12.1. The summed E-state index contributed by atoms with van der Waals surface area (Å²) in [7, 11) is 0. The number of benzene rings is 11. The smallest absolute Gasteiger partial charge is 0.155 e. The van der Waals surface area contributed by atoms with Gasteiger partial charge in [-0.1, -0.05) is 183 Å². The summed E-state index contributed by atoms with van der Waals surface area (Å²) in [6.07, 6.45) is 1.69. The van der Waals surface area contributed by atoms with Gasteiger partial charge in [-0.3, -0.25) is 4.99 Å². The zero-order valence-corrected chi connectivity index (χ0v) is 41.6. The maximum atomic E-state index is 6.02. The van der Waals surface area contributed by atoms with Gasteiger partial charge in [0.2, 0.25) is 0 Å². The average molecular weight is 965 g/mol. The fourth-order valence-corrected chi connectivity index (χ4v) is 13.3. The molecule has 0 N–H and O–H groups in total. The third kappa shape index (κ3) is 6.88. The normalized spacial score (nSPS) is 16.8. The number of fused-ring (bicyclic) bond motifs is 11. The standard InChI is InChI=1S/C69H48N4S/c1-43-31-36-60(55-28-16-27-54-53-25-12-14-29-61(53)73(68(54)55)51-23-6-3-7-24-51)70-69(46-34-32-45(33-35-46)44-17-4-2-5-18-44)71-67(43)59-41-52(42-65-66(59)56-26-13-15-30-64(56)74-65)72-62-39-49-21-10-8-19-47(49)37-57(62)58-38-48-20-9-11-22-50(48)40-63(58)72/h2-30,32-35,37-43,67H,31,36H2,1H3/b70-60+,71-69-. The second-order valence-corrected chi connectivity index (χ2v) is 21.2. The summed E-state index contributed by atoms with van der Waals surface area (Å²) in [6, 6.07) is 86.6. The van der Waals surface area contributed by atoms with E-state index < -0.39 is 0 Å². The van der Waals surface area contributed by atoms with Crippen molar-refractivity contribution in [2.45, 2.75) is 25.8 Å². The van der Waals surface area contributed by atoms with Crippen molar-refractivity contribution in [1.29, 1.82) is 0 Å². The largest absolute Gasteiger partial charge is 0.309 e. The van der Waals surface area contributed by atoms with Gasteiger partial charge in [-0.15, -0.1) is 11.3 Å². The van der Waals surface area contributed by atoms with E-state index in [0.29, 0.717) is 0 Å². The predicted octanol–water partition coefficient (Wildman–Crippen LogP) is 18.6. The second-order valence-electron chi connectivity index (χ2n) is 20.1. The summed E-state index contributed by atoms with van der Waals surface area (Å²) in [5.41, 5.74) is 13.8. The molecule has 3 aromatic heterocycles. The monoisotopic (exact) mass is 964 g/mol. The molecule has 0 saturated carbocycles. The molecule has 2 unspecified atom stereocenters. The molecule has 0 fully saturated rings. The van der Waals surface area contributed by atoms with E-state index in [1.807, 2.05) is 11.3 Å². The van der Waals surface area contributed by atoms with Gasteiger partial charge in [-0.25, -0.2) is 4.99 Å². The van der Waals surface area contributed by atoms with Crippen LogP contribution in [0.25, 0.3) is 108 Å². The Balaban J connectivity index is 0.995. The zero-order valence-electron chi connectivity index (χ0n) is 40.8. The number of rotatable bonds is 6. The molecule has 1 aliphatic rings. The van der Waals surface area contributed by atoms with E-state index in [9.17, 15) is 0 Å². The molecule has 74 heavy (non-hydrogen) atoms. The van der Waals surface area contributed by atoms with Crippen molar-refractivity contribution in [3.63, 3.8) is 0 Å². The lowest BCUT2D eigenvalue weighted by molar-refractivity contribution is 0.448. The molecule has 350 valence electrons. The minimum atomic E-state index is -0.203. The number of para-hydroxylation sites is 3. The van der Waals surface area contributed by atoms with Crippen molar-refractivity contribution in [2.24, 2.45) is 15.9 Å². The molecule has 0 radical (unpaired) electrons. The van der Waals surface area contributed by atoms with E-state index in [-0.39, 0.29) is 12.0 Å². The minimum Gasteiger partial charge on any atom is -0.309 e. The highest BCUT2D eigenvalue weighted by Gasteiger charge is 2.29. The molecular formula is C69H48N4S. The lowest BCUT2D eigenvalue weighted by Crippen LogP contribution is -2.19. The molecule has 14 aromatic rings. The molecule has 2 atom stereocenters. The summed E-state index contributed by atoms with van der Waals surface area (Å²) < 4.78 is 7.50. The lowest BCUT2D eigenvalue weighted by atomic mass is 9.86. The van der Waals surface area contributed by atoms with Crippen LogP contribution in [-0.4, -0.2) is 20.7 Å². The Morgan fingerprint density at radius 1 is 0.432 bits per heavy atom. The van der Waals surface area contributed by atoms with Crippen LogP contribution in [0.3, 0.4) is 0 Å². The maximum absolute atomic E-state index is 6.02. The molecule has 11 aromatic carbocycles. The van der Waals surface area contributed by atoms with Gasteiger partial charge < -0.3 is 9.13 Å². The van der Waals surface area contributed by atoms with Gasteiger partial charge in [0.05, 0.1) is 33.8 Å². The molecule has 0 bridgehead atoms. The van der Waals surface area contributed by atoms with Crippen molar-refractivity contribution in [3.8, 4) is 22.5 Å². The van der Waals surface area contributed by atoms with Crippen LogP contribution in [0.2, 0.25) is 0 Å². The molecule has 1 aliphatic heterocycles. The SMILES string of the molecule is CC1CC/C(c2cccc3c4ccccc4n(-c4ccccc4)c23)=N\C(c2ccc(-c3ccccc3)cc2)=N/C1c1cc(-n2c3cc4ccccc4cc3c3cc4ccccc4cc32)cc2sc3ccccc3c12. The highest BCUT2D eigenvalue weighted by molar-refractivity contribution is 7.25. The molecule has 4 heterocycles. The summed E-state index contributed by atoms with van der Waals surface area (Å²) in [4.78, 5) is 11.9. The summed E-state index contributed by atoms with van der Waals surface area (Å²) >= 11 is 1.88. The number of hydrogen-bond donors (Lipinski definition) is 0. The van der Waals surface area contributed by atoms with Gasteiger partial charge in [-0.2, -0.15) is 0 Å². The first-order chi connectivity index (χ1) is 36.6. The average Bonchev–Trinajstić information content (AvgIpc) is 4.10. The molecule has 0 saturated heterocycles. The molecular weight excluding hydrogens is 917 g/mol. The molecule has 4 nitrogen and oxygen atoms in total. The number of nitrogens with zero attached hydrogens (tertiary/aromatic N) is 4. The number of hydrogen-bond acceptors (Lipinski definition) is 3. The van der Waals surface area contributed by atoms with Crippen LogP contribution >= 0.6 is 11.3 Å². The van der Waals surface area contributed by atoms with Crippen molar-refractivity contribution in [2.75, 3.05) is 0 Å². The van der Waals surface area contributed by atoms with Crippen LogP contribution in [0.15, 0.2) is 247 Å². The Hall–Kier alpha value is -8.90. The third-order valence-corrected chi connectivity index (χ3v) is 16.8. The van der Waals surface area contributed by atoms with Crippen LogP contribution in [0.5, 0.6) is 0 Å². The first kappa shape index (κ1) is 42.8. The molecule has 0 aliphatic carbocycles.